The first-order chi connectivity index (χ1) is 14.0. The summed E-state index contributed by atoms with van der Waals surface area (Å²) < 4.78 is 2.62. The van der Waals surface area contributed by atoms with Gasteiger partial charge in [0.2, 0.25) is 5.91 Å². The van der Waals surface area contributed by atoms with Gasteiger partial charge in [-0.25, -0.2) is 0 Å². The summed E-state index contributed by atoms with van der Waals surface area (Å²) in [6.07, 6.45) is 1.08. The number of rotatable bonds is 3. The molecule has 2 aliphatic heterocycles. The highest BCUT2D eigenvalue weighted by atomic mass is 32.2. The molecule has 8 heteroatoms. The molecule has 0 spiro atoms. The number of amides is 1. The number of hydrogen-bond donors (Lipinski definition) is 1. The fourth-order valence-corrected chi connectivity index (χ4v) is 5.07. The average Bonchev–Trinajstić information content (AvgIpc) is 2.73. The molecule has 2 bridgehead atoms. The van der Waals surface area contributed by atoms with Gasteiger partial charge in [-0.1, -0.05) is 30.0 Å². The fraction of sp³-hybridized carbons (Fsp3) is 0.333. The fourth-order valence-electron chi connectivity index (χ4n) is 4.09. The Morgan fingerprint density at radius 3 is 2.76 bits per heavy atom. The van der Waals surface area contributed by atoms with E-state index >= 15 is 0 Å². The number of likely N-dealkylation sites (tertiary alicyclic amines) is 1. The van der Waals surface area contributed by atoms with Gasteiger partial charge in [0.15, 0.2) is 0 Å². The van der Waals surface area contributed by atoms with Crippen molar-refractivity contribution in [3.05, 3.63) is 64.1 Å². The van der Waals surface area contributed by atoms with Crippen molar-refractivity contribution in [2.75, 3.05) is 24.2 Å². The third-order valence-corrected chi connectivity index (χ3v) is 6.89. The largest absolute Gasteiger partial charge is 0.356 e. The number of fused-ring (bicyclic) bond motifs is 4. The zero-order valence-corrected chi connectivity index (χ0v) is 17.3. The van der Waals surface area contributed by atoms with Crippen LogP contribution in [0, 0.1) is 17.2 Å². The molecule has 29 heavy (non-hydrogen) atoms. The van der Waals surface area contributed by atoms with E-state index in [-0.39, 0.29) is 17.2 Å². The Hall–Kier alpha value is -2.63. The van der Waals surface area contributed by atoms with Gasteiger partial charge in [0.05, 0.1) is 17.4 Å². The number of pyridine rings is 1. The number of aromatic nitrogens is 1. The molecule has 0 aliphatic carbocycles. The molecular formula is C21H20N4O2S2. The second-order valence-electron chi connectivity index (χ2n) is 7.40. The molecule has 6 nitrogen and oxygen atoms in total. The molecular weight excluding hydrogens is 404 g/mol. The average molecular weight is 425 g/mol. The Bertz CT molecular complexity index is 1040. The predicted molar refractivity (Wildman–Crippen MR) is 118 cm³/mol. The maximum absolute atomic E-state index is 12.2. The van der Waals surface area contributed by atoms with Crippen LogP contribution in [0.1, 0.15) is 23.6 Å². The standard InChI is InChI=1S/C21H20N4O2S2/c22-9-14-4-6-17(7-5-14)23-19(26)13-29-21(28)24-10-15-8-16(12-24)18-2-1-3-20(27)25(18)11-15/h1-7,15-16H,8,10-13H2,(H,23,26). The minimum Gasteiger partial charge on any atom is -0.356 e. The zero-order valence-electron chi connectivity index (χ0n) is 15.7. The zero-order chi connectivity index (χ0) is 20.4. The van der Waals surface area contributed by atoms with Crippen molar-refractivity contribution in [2.45, 2.75) is 18.9 Å². The molecule has 1 aromatic carbocycles. The van der Waals surface area contributed by atoms with Gasteiger partial charge < -0.3 is 14.8 Å². The van der Waals surface area contributed by atoms with E-state index in [1.807, 2.05) is 16.7 Å². The van der Waals surface area contributed by atoms with Gasteiger partial charge in [0.25, 0.3) is 5.56 Å². The molecule has 2 aliphatic rings. The maximum atomic E-state index is 12.2. The molecule has 2 aromatic rings. The number of hydrogen-bond acceptors (Lipinski definition) is 5. The lowest BCUT2D eigenvalue weighted by Gasteiger charge is -2.43. The summed E-state index contributed by atoms with van der Waals surface area (Å²) in [4.78, 5) is 26.5. The maximum Gasteiger partial charge on any atom is 0.250 e. The van der Waals surface area contributed by atoms with Crippen LogP contribution in [-0.2, 0) is 11.3 Å². The molecule has 3 heterocycles. The monoisotopic (exact) mass is 424 g/mol. The molecule has 2 atom stereocenters. The van der Waals surface area contributed by atoms with Gasteiger partial charge in [0, 0.05) is 43.0 Å². The van der Waals surface area contributed by atoms with Crippen LogP contribution < -0.4 is 10.9 Å². The van der Waals surface area contributed by atoms with Crippen molar-refractivity contribution >= 4 is 39.9 Å². The first-order valence-corrected chi connectivity index (χ1v) is 10.8. The quantitative estimate of drug-likeness (QED) is 0.764. The van der Waals surface area contributed by atoms with Crippen LogP contribution in [0.15, 0.2) is 47.3 Å². The van der Waals surface area contributed by atoms with E-state index in [4.69, 9.17) is 17.5 Å². The highest BCUT2D eigenvalue weighted by Crippen LogP contribution is 2.36. The van der Waals surface area contributed by atoms with Crippen molar-refractivity contribution < 1.29 is 4.79 Å². The Morgan fingerprint density at radius 1 is 1.21 bits per heavy atom. The summed E-state index contributed by atoms with van der Waals surface area (Å²) in [6.45, 7) is 2.33. The summed E-state index contributed by atoms with van der Waals surface area (Å²) in [5.41, 5.74) is 2.37. The third-order valence-electron chi connectivity index (χ3n) is 5.36. The van der Waals surface area contributed by atoms with Crippen LogP contribution in [0.25, 0.3) is 0 Å². The highest BCUT2D eigenvalue weighted by Gasteiger charge is 2.35. The minimum atomic E-state index is -0.129. The van der Waals surface area contributed by atoms with Crippen molar-refractivity contribution in [2.24, 2.45) is 5.92 Å². The molecule has 0 saturated carbocycles. The number of carbonyl (C=O) groups excluding carboxylic acids is 1. The first-order valence-electron chi connectivity index (χ1n) is 9.45. The van der Waals surface area contributed by atoms with E-state index in [0.29, 0.717) is 23.1 Å². The molecule has 148 valence electrons. The lowest BCUT2D eigenvalue weighted by Crippen LogP contribution is -2.48. The number of benzene rings is 1. The van der Waals surface area contributed by atoms with Crippen molar-refractivity contribution in [3.63, 3.8) is 0 Å². The Morgan fingerprint density at radius 2 is 2.00 bits per heavy atom. The van der Waals surface area contributed by atoms with E-state index in [1.165, 1.54) is 11.8 Å². The number of nitriles is 1. The molecule has 2 unspecified atom stereocenters. The summed E-state index contributed by atoms with van der Waals surface area (Å²) in [5, 5.41) is 11.7. The Labute approximate surface area is 178 Å². The van der Waals surface area contributed by atoms with Crippen LogP contribution in [-0.4, -0.2) is 38.5 Å². The molecule has 1 N–H and O–H groups in total. The Kier molecular flexibility index (Phi) is 5.69. The van der Waals surface area contributed by atoms with Crippen molar-refractivity contribution in [1.29, 1.82) is 5.26 Å². The van der Waals surface area contributed by atoms with E-state index in [2.05, 4.69) is 16.3 Å². The molecule has 1 aromatic heterocycles. The van der Waals surface area contributed by atoms with Gasteiger partial charge in [-0.3, -0.25) is 9.59 Å². The second-order valence-corrected chi connectivity index (χ2v) is 9.00. The van der Waals surface area contributed by atoms with E-state index in [0.717, 1.165) is 36.1 Å². The lowest BCUT2D eigenvalue weighted by molar-refractivity contribution is -0.113. The topological polar surface area (TPSA) is 78.1 Å². The number of nitrogens with zero attached hydrogens (tertiary/aromatic N) is 3. The molecule has 1 fully saturated rings. The van der Waals surface area contributed by atoms with Gasteiger partial charge in [0.1, 0.15) is 4.32 Å². The van der Waals surface area contributed by atoms with Crippen LogP contribution in [0.5, 0.6) is 0 Å². The highest BCUT2D eigenvalue weighted by molar-refractivity contribution is 8.23. The molecule has 1 amide bonds. The number of anilines is 1. The van der Waals surface area contributed by atoms with Crippen LogP contribution in [0.4, 0.5) is 5.69 Å². The van der Waals surface area contributed by atoms with Crippen molar-refractivity contribution in [3.8, 4) is 6.07 Å². The lowest BCUT2D eigenvalue weighted by atomic mass is 9.83. The van der Waals surface area contributed by atoms with Crippen molar-refractivity contribution in [1.82, 2.24) is 9.47 Å². The second kappa shape index (κ2) is 8.39. The van der Waals surface area contributed by atoms with Crippen LogP contribution >= 0.6 is 24.0 Å². The smallest absolute Gasteiger partial charge is 0.250 e. The normalized spacial score (nSPS) is 19.8. The number of thiocarbonyl (C=S) groups is 1. The van der Waals surface area contributed by atoms with E-state index in [1.54, 1.807) is 30.3 Å². The number of thioether (sulfide) groups is 1. The van der Waals surface area contributed by atoms with Gasteiger partial charge in [-0.05, 0) is 42.7 Å². The number of carbonyl (C=O) groups is 1. The predicted octanol–water partition coefficient (Wildman–Crippen LogP) is 2.80. The third kappa shape index (κ3) is 4.36. The summed E-state index contributed by atoms with van der Waals surface area (Å²) in [5.74, 6) is 0.798. The van der Waals surface area contributed by atoms with E-state index in [9.17, 15) is 9.59 Å². The SMILES string of the molecule is N#Cc1ccc(NC(=O)CSC(=S)N2CC3CC(C2)c2cccc(=O)n2C3)cc1. The van der Waals surface area contributed by atoms with Gasteiger partial charge in [-0.2, -0.15) is 5.26 Å². The molecule has 1 saturated heterocycles. The van der Waals surface area contributed by atoms with Crippen LogP contribution in [0.2, 0.25) is 0 Å². The first kappa shape index (κ1) is 19.7. The summed E-state index contributed by atoms with van der Waals surface area (Å²) >= 11 is 6.96. The number of piperidine rings is 1. The summed E-state index contributed by atoms with van der Waals surface area (Å²) in [7, 11) is 0. The van der Waals surface area contributed by atoms with Gasteiger partial charge in [-0.15, -0.1) is 0 Å². The molecule has 4 rings (SSSR count). The van der Waals surface area contributed by atoms with E-state index < -0.39 is 0 Å². The summed E-state index contributed by atoms with van der Waals surface area (Å²) in [6, 6.07) is 14.3. The minimum absolute atomic E-state index is 0.0714. The molecule has 0 radical (unpaired) electrons. The van der Waals surface area contributed by atoms with Gasteiger partial charge >= 0.3 is 0 Å². The number of nitrogens with one attached hydrogen (secondary N) is 1. The Balaban J connectivity index is 1.33. The van der Waals surface area contributed by atoms with Crippen LogP contribution in [0.3, 0.4) is 0 Å².